The number of hydrogen-bond donors (Lipinski definition) is 2. The quantitative estimate of drug-likeness (QED) is 0.756. The van der Waals surface area contributed by atoms with Crippen molar-refractivity contribution >= 4 is 21.6 Å². The number of carbonyl (C=O) groups excluding carboxylic acids is 1. The first-order valence-electron chi connectivity index (χ1n) is 8.00. The fourth-order valence-electron chi connectivity index (χ4n) is 2.11. The molecular formula is C18H22N2O4S. The average Bonchev–Trinajstić information content (AvgIpc) is 2.61. The molecular weight excluding hydrogens is 340 g/mol. The zero-order valence-electron chi connectivity index (χ0n) is 14.3. The number of amides is 1. The van der Waals surface area contributed by atoms with Gasteiger partial charge in [0.25, 0.3) is 10.0 Å². The van der Waals surface area contributed by atoms with Crippen LogP contribution in [0, 0.1) is 0 Å². The third-order valence-electron chi connectivity index (χ3n) is 3.46. The molecule has 2 N–H and O–H groups in total. The molecule has 0 fully saturated rings. The minimum Gasteiger partial charge on any atom is -0.494 e. The van der Waals surface area contributed by atoms with E-state index in [1.54, 1.807) is 43.4 Å². The highest BCUT2D eigenvalue weighted by Gasteiger charge is 2.14. The van der Waals surface area contributed by atoms with E-state index in [1.165, 1.54) is 12.1 Å². The van der Waals surface area contributed by atoms with Crippen molar-refractivity contribution < 1.29 is 17.9 Å². The summed E-state index contributed by atoms with van der Waals surface area (Å²) in [7, 11) is -2.10. The molecule has 6 nitrogen and oxygen atoms in total. The Hall–Kier alpha value is -2.54. The highest BCUT2D eigenvalue weighted by Crippen LogP contribution is 2.20. The lowest BCUT2D eigenvalue weighted by Gasteiger charge is -2.10. The maximum absolute atomic E-state index is 12.4. The van der Waals surface area contributed by atoms with Gasteiger partial charge in [0.1, 0.15) is 5.75 Å². The van der Waals surface area contributed by atoms with Gasteiger partial charge in [-0.25, -0.2) is 8.42 Å². The number of rotatable bonds is 8. The number of ether oxygens (including phenoxy) is 1. The average molecular weight is 362 g/mol. The second-order valence-corrected chi connectivity index (χ2v) is 7.15. The number of benzene rings is 2. The largest absolute Gasteiger partial charge is 0.494 e. The third kappa shape index (κ3) is 5.49. The molecule has 0 radical (unpaired) electrons. The molecule has 0 bridgehead atoms. The molecule has 0 heterocycles. The molecule has 0 saturated heterocycles. The number of hydrogen-bond acceptors (Lipinski definition) is 4. The summed E-state index contributed by atoms with van der Waals surface area (Å²) in [6.45, 7) is 2.59. The van der Waals surface area contributed by atoms with Crippen LogP contribution < -0.4 is 14.8 Å². The van der Waals surface area contributed by atoms with Crippen LogP contribution in [-0.4, -0.2) is 28.0 Å². The lowest BCUT2D eigenvalue weighted by atomic mass is 10.1. The van der Waals surface area contributed by atoms with Gasteiger partial charge in [0, 0.05) is 12.7 Å². The van der Waals surface area contributed by atoms with Gasteiger partial charge in [-0.1, -0.05) is 19.1 Å². The molecule has 0 aliphatic heterocycles. The molecule has 0 atom stereocenters. The minimum absolute atomic E-state index is 0.0984. The molecule has 2 rings (SSSR count). The van der Waals surface area contributed by atoms with E-state index >= 15 is 0 Å². The van der Waals surface area contributed by atoms with Crippen LogP contribution in [0.25, 0.3) is 0 Å². The molecule has 7 heteroatoms. The number of nitrogens with one attached hydrogen (secondary N) is 2. The second kappa shape index (κ2) is 8.53. The van der Waals surface area contributed by atoms with Crippen molar-refractivity contribution in [1.29, 1.82) is 0 Å². The Kier molecular flexibility index (Phi) is 6.41. The molecule has 0 aliphatic carbocycles. The van der Waals surface area contributed by atoms with Crippen LogP contribution in [0.1, 0.15) is 18.9 Å². The van der Waals surface area contributed by atoms with Crippen LogP contribution in [-0.2, 0) is 21.2 Å². The molecule has 0 aromatic heterocycles. The number of likely N-dealkylation sites (N-methyl/N-ethyl adjacent to an activating group) is 1. The van der Waals surface area contributed by atoms with Gasteiger partial charge >= 0.3 is 0 Å². The summed E-state index contributed by atoms with van der Waals surface area (Å²) in [5, 5.41) is 2.54. The van der Waals surface area contributed by atoms with Crippen molar-refractivity contribution in [3.8, 4) is 5.75 Å². The summed E-state index contributed by atoms with van der Waals surface area (Å²) in [6, 6.07) is 13.0. The van der Waals surface area contributed by atoms with E-state index in [0.717, 1.165) is 12.0 Å². The molecule has 2 aromatic rings. The number of anilines is 1. The lowest BCUT2D eigenvalue weighted by Crippen LogP contribution is -2.19. The van der Waals surface area contributed by atoms with E-state index in [1.807, 2.05) is 6.92 Å². The Labute approximate surface area is 148 Å². The van der Waals surface area contributed by atoms with Crippen molar-refractivity contribution in [3.63, 3.8) is 0 Å². The molecule has 0 spiro atoms. The second-order valence-electron chi connectivity index (χ2n) is 5.47. The standard InChI is InChI=1S/C18H22N2O4S/c1-3-12-24-16-8-10-17(11-9-16)25(22,23)20-15-6-4-14(5-7-15)13-18(21)19-2/h4-11,20H,3,12-13H2,1-2H3,(H,19,21). The lowest BCUT2D eigenvalue weighted by molar-refractivity contribution is -0.119. The van der Waals surface area contributed by atoms with Crippen molar-refractivity contribution in [1.82, 2.24) is 5.32 Å². The van der Waals surface area contributed by atoms with E-state index in [9.17, 15) is 13.2 Å². The van der Waals surface area contributed by atoms with E-state index in [2.05, 4.69) is 10.0 Å². The summed E-state index contributed by atoms with van der Waals surface area (Å²) in [4.78, 5) is 11.5. The maximum Gasteiger partial charge on any atom is 0.261 e. The Balaban J connectivity index is 2.06. The minimum atomic E-state index is -3.68. The van der Waals surface area contributed by atoms with Gasteiger partial charge in [-0.15, -0.1) is 0 Å². The summed E-state index contributed by atoms with van der Waals surface area (Å²) in [6.07, 6.45) is 1.14. The Bertz CT molecular complexity index is 800. The van der Waals surface area contributed by atoms with Crippen molar-refractivity contribution in [2.75, 3.05) is 18.4 Å². The summed E-state index contributed by atoms with van der Waals surface area (Å²) in [5.41, 5.74) is 1.24. The Morgan fingerprint density at radius 3 is 2.24 bits per heavy atom. The number of sulfonamides is 1. The smallest absolute Gasteiger partial charge is 0.261 e. The van der Waals surface area contributed by atoms with Crippen molar-refractivity contribution in [3.05, 3.63) is 54.1 Å². The van der Waals surface area contributed by atoms with Gasteiger partial charge in [0.15, 0.2) is 0 Å². The first-order valence-corrected chi connectivity index (χ1v) is 9.48. The van der Waals surface area contributed by atoms with Gasteiger partial charge in [-0.05, 0) is 48.4 Å². The molecule has 0 unspecified atom stereocenters. The van der Waals surface area contributed by atoms with Crippen LogP contribution in [0.4, 0.5) is 5.69 Å². The summed E-state index contributed by atoms with van der Waals surface area (Å²) < 4.78 is 32.8. The fourth-order valence-corrected chi connectivity index (χ4v) is 3.17. The first-order chi connectivity index (χ1) is 11.9. The third-order valence-corrected chi connectivity index (χ3v) is 4.85. The van der Waals surface area contributed by atoms with Gasteiger partial charge in [-0.3, -0.25) is 9.52 Å². The van der Waals surface area contributed by atoms with Crippen LogP contribution >= 0.6 is 0 Å². The van der Waals surface area contributed by atoms with Crippen LogP contribution in [0.5, 0.6) is 5.75 Å². The molecule has 0 saturated carbocycles. The highest BCUT2D eigenvalue weighted by atomic mass is 32.2. The predicted molar refractivity (Wildman–Crippen MR) is 97.2 cm³/mol. The Morgan fingerprint density at radius 2 is 1.68 bits per heavy atom. The molecule has 2 aromatic carbocycles. The number of carbonyl (C=O) groups is 1. The topological polar surface area (TPSA) is 84.5 Å². The van der Waals surface area contributed by atoms with E-state index in [4.69, 9.17) is 4.74 Å². The highest BCUT2D eigenvalue weighted by molar-refractivity contribution is 7.92. The first kappa shape index (κ1) is 18.8. The van der Waals surface area contributed by atoms with E-state index < -0.39 is 10.0 Å². The van der Waals surface area contributed by atoms with Gasteiger partial charge < -0.3 is 10.1 Å². The molecule has 1 amide bonds. The molecule has 0 aliphatic rings. The monoisotopic (exact) mass is 362 g/mol. The van der Waals surface area contributed by atoms with Crippen LogP contribution in [0.3, 0.4) is 0 Å². The summed E-state index contributed by atoms with van der Waals surface area (Å²) in [5.74, 6) is 0.540. The zero-order chi connectivity index (χ0) is 18.3. The van der Waals surface area contributed by atoms with Crippen molar-refractivity contribution in [2.24, 2.45) is 0 Å². The normalized spacial score (nSPS) is 11.0. The van der Waals surface area contributed by atoms with E-state index in [-0.39, 0.29) is 17.2 Å². The SMILES string of the molecule is CCCOc1ccc(S(=O)(=O)Nc2ccc(CC(=O)NC)cc2)cc1. The van der Waals surface area contributed by atoms with Gasteiger partial charge in [0.2, 0.25) is 5.91 Å². The van der Waals surface area contributed by atoms with Crippen LogP contribution in [0.15, 0.2) is 53.4 Å². The van der Waals surface area contributed by atoms with Crippen LogP contribution in [0.2, 0.25) is 0 Å². The fraction of sp³-hybridized carbons (Fsp3) is 0.278. The van der Waals surface area contributed by atoms with Gasteiger partial charge in [0.05, 0.1) is 17.9 Å². The molecule has 134 valence electrons. The zero-order valence-corrected chi connectivity index (χ0v) is 15.1. The van der Waals surface area contributed by atoms with E-state index in [0.29, 0.717) is 18.0 Å². The Morgan fingerprint density at radius 1 is 1.04 bits per heavy atom. The summed E-state index contributed by atoms with van der Waals surface area (Å²) >= 11 is 0. The predicted octanol–water partition coefficient (Wildman–Crippen LogP) is 2.56. The maximum atomic E-state index is 12.4. The molecule has 25 heavy (non-hydrogen) atoms. The van der Waals surface area contributed by atoms with Crippen molar-refractivity contribution in [2.45, 2.75) is 24.7 Å². The van der Waals surface area contributed by atoms with Gasteiger partial charge in [-0.2, -0.15) is 0 Å².